The molecule has 7 heteroatoms. The van der Waals surface area contributed by atoms with Crippen LogP contribution in [0.15, 0.2) is 67.3 Å². The summed E-state index contributed by atoms with van der Waals surface area (Å²) in [5.41, 5.74) is 8.69. The minimum Gasteiger partial charge on any atom is -0.368 e. The van der Waals surface area contributed by atoms with E-state index in [1.807, 2.05) is 47.4 Å². The number of nitrogens with zero attached hydrogens (tertiary/aromatic N) is 5. The number of carbonyl (C=O) groups is 1. The van der Waals surface area contributed by atoms with Crippen LogP contribution in [0.1, 0.15) is 35.1 Å². The minimum atomic E-state index is -0.0602. The predicted molar refractivity (Wildman–Crippen MR) is 114 cm³/mol. The molecule has 0 aliphatic carbocycles. The van der Waals surface area contributed by atoms with E-state index in [1.54, 1.807) is 24.8 Å². The molecule has 7 nitrogen and oxygen atoms in total. The molecule has 0 unspecified atom stereocenters. The van der Waals surface area contributed by atoms with E-state index in [2.05, 4.69) is 19.9 Å². The summed E-state index contributed by atoms with van der Waals surface area (Å²) in [6.07, 6.45) is 8.67. The van der Waals surface area contributed by atoms with E-state index in [4.69, 9.17) is 5.73 Å². The van der Waals surface area contributed by atoms with E-state index in [0.29, 0.717) is 12.2 Å². The number of fused-ring (bicyclic) bond motifs is 1. The number of nitrogen functional groups attached to an aromatic ring is 1. The largest absolute Gasteiger partial charge is 0.368 e. The third-order valence-corrected chi connectivity index (χ3v) is 5.52. The molecule has 1 amide bonds. The van der Waals surface area contributed by atoms with Gasteiger partial charge in [-0.3, -0.25) is 14.8 Å². The zero-order valence-corrected chi connectivity index (χ0v) is 16.3. The van der Waals surface area contributed by atoms with Gasteiger partial charge < -0.3 is 10.6 Å². The van der Waals surface area contributed by atoms with Gasteiger partial charge in [0.25, 0.3) is 5.91 Å². The number of likely N-dealkylation sites (tertiary alicyclic amines) is 1. The Labute approximate surface area is 173 Å². The van der Waals surface area contributed by atoms with Crippen molar-refractivity contribution < 1.29 is 4.79 Å². The molecule has 1 saturated heterocycles. The van der Waals surface area contributed by atoms with E-state index in [-0.39, 0.29) is 17.9 Å². The van der Waals surface area contributed by atoms with Crippen LogP contribution in [-0.4, -0.2) is 37.3 Å². The summed E-state index contributed by atoms with van der Waals surface area (Å²) in [5, 5.41) is 1.89. The Hall–Kier alpha value is -3.87. The first-order chi connectivity index (χ1) is 14.7. The summed E-state index contributed by atoms with van der Waals surface area (Å²) < 4.78 is 0. The number of anilines is 1. The average Bonchev–Trinajstić information content (AvgIpc) is 3.29. The molecular formula is C23H20N6O. The standard InChI is InChI=1S/C23H20N6O/c24-23-27-13-17(14-28-23)16-7-8-19(26-12-16)20-6-3-11-29(20)22(30)21-18-5-2-1-4-15(18)9-10-25-21/h1-2,4-5,7-10,12-14,20H,3,6,11H2,(H2,24,27,28)/t20-/m0/s1. The monoisotopic (exact) mass is 396 g/mol. The van der Waals surface area contributed by atoms with Crippen LogP contribution in [0.5, 0.6) is 0 Å². The van der Waals surface area contributed by atoms with Crippen molar-refractivity contribution in [3.05, 3.63) is 78.6 Å². The molecule has 1 aliphatic heterocycles. The third kappa shape index (κ3) is 3.24. The minimum absolute atomic E-state index is 0.0490. The highest BCUT2D eigenvalue weighted by atomic mass is 16.2. The molecule has 148 valence electrons. The van der Waals surface area contributed by atoms with Crippen LogP contribution in [0.2, 0.25) is 0 Å². The molecule has 1 fully saturated rings. The highest BCUT2D eigenvalue weighted by Crippen LogP contribution is 2.33. The summed E-state index contributed by atoms with van der Waals surface area (Å²) in [6, 6.07) is 13.7. The second-order valence-corrected chi connectivity index (χ2v) is 7.34. The van der Waals surface area contributed by atoms with Gasteiger partial charge in [-0.25, -0.2) is 9.97 Å². The van der Waals surface area contributed by atoms with Gasteiger partial charge >= 0.3 is 0 Å². The lowest BCUT2D eigenvalue weighted by molar-refractivity contribution is 0.0729. The highest BCUT2D eigenvalue weighted by Gasteiger charge is 2.32. The molecule has 1 aliphatic rings. The van der Waals surface area contributed by atoms with Crippen molar-refractivity contribution in [2.45, 2.75) is 18.9 Å². The molecule has 0 saturated carbocycles. The molecule has 4 heterocycles. The number of benzene rings is 1. The van der Waals surface area contributed by atoms with Crippen molar-refractivity contribution >= 4 is 22.6 Å². The lowest BCUT2D eigenvalue weighted by Crippen LogP contribution is -2.31. The molecule has 0 radical (unpaired) electrons. The van der Waals surface area contributed by atoms with Crippen LogP contribution in [0.4, 0.5) is 5.95 Å². The summed E-state index contributed by atoms with van der Waals surface area (Å²) in [4.78, 5) is 32.4. The normalized spacial score (nSPS) is 16.1. The number of hydrogen-bond acceptors (Lipinski definition) is 6. The van der Waals surface area contributed by atoms with Crippen molar-refractivity contribution in [3.8, 4) is 11.1 Å². The number of amides is 1. The topological polar surface area (TPSA) is 97.9 Å². The maximum atomic E-state index is 13.4. The molecule has 30 heavy (non-hydrogen) atoms. The maximum absolute atomic E-state index is 13.4. The Morgan fingerprint density at radius 1 is 0.933 bits per heavy atom. The first-order valence-corrected chi connectivity index (χ1v) is 9.89. The molecule has 4 aromatic rings. The number of nitrogens with two attached hydrogens (primary N) is 1. The van der Waals surface area contributed by atoms with Gasteiger partial charge in [0.15, 0.2) is 0 Å². The predicted octanol–water partition coefficient (Wildman–Crippen LogP) is 3.65. The smallest absolute Gasteiger partial charge is 0.273 e. The van der Waals surface area contributed by atoms with Crippen LogP contribution in [0, 0.1) is 0 Å². The van der Waals surface area contributed by atoms with Gasteiger partial charge in [-0.1, -0.05) is 30.3 Å². The van der Waals surface area contributed by atoms with E-state index < -0.39 is 0 Å². The van der Waals surface area contributed by atoms with E-state index >= 15 is 0 Å². The van der Waals surface area contributed by atoms with Crippen LogP contribution < -0.4 is 5.73 Å². The molecule has 2 N–H and O–H groups in total. The number of pyridine rings is 2. The van der Waals surface area contributed by atoms with Crippen LogP contribution in [0.25, 0.3) is 21.9 Å². The second kappa shape index (κ2) is 7.51. The van der Waals surface area contributed by atoms with Gasteiger partial charge in [0, 0.05) is 47.8 Å². The van der Waals surface area contributed by atoms with Gasteiger partial charge in [-0.2, -0.15) is 0 Å². The quantitative estimate of drug-likeness (QED) is 0.568. The lowest BCUT2D eigenvalue weighted by Gasteiger charge is -2.24. The summed E-state index contributed by atoms with van der Waals surface area (Å²) in [5.74, 6) is 0.192. The summed E-state index contributed by atoms with van der Waals surface area (Å²) >= 11 is 0. The van der Waals surface area contributed by atoms with Crippen molar-refractivity contribution in [1.29, 1.82) is 0 Å². The number of carbonyl (C=O) groups excluding carboxylic acids is 1. The van der Waals surface area contributed by atoms with E-state index in [0.717, 1.165) is 40.4 Å². The third-order valence-electron chi connectivity index (χ3n) is 5.52. The molecule has 0 spiro atoms. The fourth-order valence-electron chi connectivity index (χ4n) is 4.00. The Morgan fingerprint density at radius 2 is 1.73 bits per heavy atom. The van der Waals surface area contributed by atoms with Gasteiger partial charge in [-0.15, -0.1) is 0 Å². The van der Waals surface area contributed by atoms with Gasteiger partial charge in [0.1, 0.15) is 5.69 Å². The lowest BCUT2D eigenvalue weighted by atomic mass is 10.1. The molecule has 1 aromatic carbocycles. The molecule has 5 rings (SSSR count). The van der Waals surface area contributed by atoms with E-state index in [9.17, 15) is 4.79 Å². The summed E-state index contributed by atoms with van der Waals surface area (Å²) in [6.45, 7) is 0.698. The second-order valence-electron chi connectivity index (χ2n) is 7.34. The molecular weight excluding hydrogens is 376 g/mol. The van der Waals surface area contributed by atoms with Crippen molar-refractivity contribution in [3.63, 3.8) is 0 Å². The van der Waals surface area contributed by atoms with Gasteiger partial charge in [-0.05, 0) is 30.4 Å². The average molecular weight is 396 g/mol. The van der Waals surface area contributed by atoms with Crippen LogP contribution >= 0.6 is 0 Å². The zero-order valence-electron chi connectivity index (χ0n) is 16.3. The Morgan fingerprint density at radius 3 is 2.53 bits per heavy atom. The maximum Gasteiger partial charge on any atom is 0.273 e. The molecule has 1 atom stereocenters. The van der Waals surface area contributed by atoms with Gasteiger partial charge in [0.05, 0.1) is 11.7 Å². The van der Waals surface area contributed by atoms with Crippen LogP contribution in [-0.2, 0) is 0 Å². The van der Waals surface area contributed by atoms with Crippen molar-refractivity contribution in [1.82, 2.24) is 24.8 Å². The summed E-state index contributed by atoms with van der Waals surface area (Å²) in [7, 11) is 0. The van der Waals surface area contributed by atoms with E-state index in [1.165, 1.54) is 0 Å². The Kier molecular flexibility index (Phi) is 4.55. The van der Waals surface area contributed by atoms with Crippen molar-refractivity contribution in [2.75, 3.05) is 12.3 Å². The first kappa shape index (κ1) is 18.2. The van der Waals surface area contributed by atoms with Gasteiger partial charge in [0.2, 0.25) is 5.95 Å². The fraction of sp³-hybridized carbons (Fsp3) is 0.174. The highest BCUT2D eigenvalue weighted by molar-refractivity contribution is 6.05. The molecule has 0 bridgehead atoms. The van der Waals surface area contributed by atoms with Crippen LogP contribution in [0.3, 0.4) is 0 Å². The number of aromatic nitrogens is 4. The first-order valence-electron chi connectivity index (χ1n) is 9.89. The Balaban J connectivity index is 1.43. The number of rotatable bonds is 3. The SMILES string of the molecule is Nc1ncc(-c2ccc([C@@H]3CCCN3C(=O)c3nccc4ccccc34)nc2)cn1. The Bertz CT molecular complexity index is 1200. The fourth-order valence-corrected chi connectivity index (χ4v) is 4.00. The molecule has 3 aromatic heterocycles. The number of hydrogen-bond donors (Lipinski definition) is 1. The zero-order chi connectivity index (χ0) is 20.5. The van der Waals surface area contributed by atoms with Crippen molar-refractivity contribution in [2.24, 2.45) is 0 Å².